The second-order valence-corrected chi connectivity index (χ2v) is 3.25. The molecule has 0 aliphatic rings. The van der Waals surface area contributed by atoms with Gasteiger partial charge in [-0.05, 0) is 17.8 Å². The fraction of sp³-hybridized carbons (Fsp3) is 0.250. The van der Waals surface area contributed by atoms with Crippen LogP contribution in [0.25, 0.3) is 0 Å². The summed E-state index contributed by atoms with van der Waals surface area (Å²) in [5, 5.41) is 11.9. The zero-order chi connectivity index (χ0) is 7.56. The summed E-state index contributed by atoms with van der Waals surface area (Å²) in [4.78, 5) is 10.3. The Balaban J connectivity index is 3.01. The minimum atomic E-state index is -1.02. The summed E-state index contributed by atoms with van der Waals surface area (Å²) in [6.45, 7) is 0. The lowest BCUT2D eigenvalue weighted by Crippen LogP contribution is -1.97. The SMILES string of the molecule is CSc1snnc1C(=O)O. The molecule has 1 aromatic heterocycles. The van der Waals surface area contributed by atoms with Gasteiger partial charge >= 0.3 is 5.97 Å². The number of hydrogen-bond donors (Lipinski definition) is 1. The van der Waals surface area contributed by atoms with Gasteiger partial charge in [0, 0.05) is 0 Å². The molecule has 4 nitrogen and oxygen atoms in total. The van der Waals surface area contributed by atoms with Gasteiger partial charge in [0.1, 0.15) is 4.21 Å². The van der Waals surface area contributed by atoms with Crippen molar-refractivity contribution in [1.29, 1.82) is 0 Å². The molecule has 0 spiro atoms. The maximum absolute atomic E-state index is 10.3. The minimum Gasteiger partial charge on any atom is -0.476 e. The van der Waals surface area contributed by atoms with E-state index in [0.717, 1.165) is 11.5 Å². The highest BCUT2D eigenvalue weighted by atomic mass is 32.2. The Kier molecular flexibility index (Phi) is 2.23. The summed E-state index contributed by atoms with van der Waals surface area (Å²) < 4.78 is 4.15. The Bertz CT molecular complexity index is 247. The van der Waals surface area contributed by atoms with Gasteiger partial charge in [-0.25, -0.2) is 4.79 Å². The van der Waals surface area contributed by atoms with E-state index in [2.05, 4.69) is 9.59 Å². The summed E-state index contributed by atoms with van der Waals surface area (Å²) in [5.41, 5.74) is 0.0532. The van der Waals surface area contributed by atoms with E-state index >= 15 is 0 Å². The first-order valence-electron chi connectivity index (χ1n) is 2.35. The van der Waals surface area contributed by atoms with Crippen molar-refractivity contribution in [1.82, 2.24) is 9.59 Å². The van der Waals surface area contributed by atoms with Crippen LogP contribution in [0.4, 0.5) is 0 Å². The molecule has 1 aromatic rings. The predicted octanol–water partition coefficient (Wildman–Crippen LogP) is 0.958. The van der Waals surface area contributed by atoms with Crippen LogP contribution in [0.3, 0.4) is 0 Å². The Hall–Kier alpha value is -0.620. The molecule has 1 N–H and O–H groups in total. The number of carbonyl (C=O) groups is 1. The first-order chi connectivity index (χ1) is 4.75. The normalized spacial score (nSPS) is 9.70. The van der Waals surface area contributed by atoms with Crippen LogP contribution >= 0.6 is 23.3 Å². The largest absolute Gasteiger partial charge is 0.476 e. The summed E-state index contributed by atoms with van der Waals surface area (Å²) in [6.07, 6.45) is 1.79. The summed E-state index contributed by atoms with van der Waals surface area (Å²) in [6, 6.07) is 0. The molecule has 0 bridgehead atoms. The van der Waals surface area contributed by atoms with Crippen molar-refractivity contribution in [2.24, 2.45) is 0 Å². The van der Waals surface area contributed by atoms with Gasteiger partial charge in [-0.3, -0.25) is 0 Å². The number of carboxylic acids is 1. The molecule has 1 rings (SSSR count). The van der Waals surface area contributed by atoms with Crippen molar-refractivity contribution < 1.29 is 9.90 Å². The van der Waals surface area contributed by atoms with Crippen LogP contribution in [0.1, 0.15) is 10.5 Å². The molecule has 0 aliphatic carbocycles. The molecule has 0 fully saturated rings. The van der Waals surface area contributed by atoms with Crippen molar-refractivity contribution in [2.45, 2.75) is 4.21 Å². The number of carboxylic acid groups (broad SMARTS) is 1. The van der Waals surface area contributed by atoms with E-state index in [1.165, 1.54) is 11.8 Å². The highest BCUT2D eigenvalue weighted by Gasteiger charge is 2.13. The highest BCUT2D eigenvalue weighted by molar-refractivity contribution is 8.00. The molecule has 1 heterocycles. The minimum absolute atomic E-state index is 0.0532. The van der Waals surface area contributed by atoms with Crippen molar-refractivity contribution in [3.63, 3.8) is 0 Å². The van der Waals surface area contributed by atoms with E-state index < -0.39 is 5.97 Å². The third-order valence-corrected chi connectivity index (χ3v) is 2.66. The van der Waals surface area contributed by atoms with Crippen LogP contribution in [0, 0.1) is 0 Å². The third kappa shape index (κ3) is 1.27. The van der Waals surface area contributed by atoms with Gasteiger partial charge in [-0.2, -0.15) is 0 Å². The Labute approximate surface area is 65.4 Å². The first-order valence-corrected chi connectivity index (χ1v) is 4.35. The molecule has 0 radical (unpaired) electrons. The van der Waals surface area contributed by atoms with Gasteiger partial charge in [-0.15, -0.1) is 16.9 Å². The molecule has 54 valence electrons. The molecule has 0 saturated carbocycles. The third-order valence-electron chi connectivity index (χ3n) is 0.846. The average Bonchev–Trinajstić information content (AvgIpc) is 2.33. The van der Waals surface area contributed by atoms with Crippen LogP contribution < -0.4 is 0 Å². The lowest BCUT2D eigenvalue weighted by molar-refractivity contribution is 0.0687. The van der Waals surface area contributed by atoms with Crippen LogP contribution in [-0.2, 0) is 0 Å². The quantitative estimate of drug-likeness (QED) is 0.680. The van der Waals surface area contributed by atoms with Crippen molar-refractivity contribution >= 4 is 29.3 Å². The number of hydrogen-bond acceptors (Lipinski definition) is 5. The van der Waals surface area contributed by atoms with Crippen LogP contribution in [-0.4, -0.2) is 26.9 Å². The molecule has 0 amide bonds. The lowest BCUT2D eigenvalue weighted by atomic mass is 10.5. The predicted molar refractivity (Wildman–Crippen MR) is 38.6 cm³/mol. The van der Waals surface area contributed by atoms with E-state index in [1.54, 1.807) is 6.26 Å². The number of aromatic nitrogens is 2. The first kappa shape index (κ1) is 7.49. The van der Waals surface area contributed by atoms with Crippen LogP contribution in [0.2, 0.25) is 0 Å². The number of thioether (sulfide) groups is 1. The topological polar surface area (TPSA) is 63.1 Å². The zero-order valence-corrected chi connectivity index (χ0v) is 6.70. The van der Waals surface area contributed by atoms with Crippen molar-refractivity contribution in [3.8, 4) is 0 Å². The van der Waals surface area contributed by atoms with Gasteiger partial charge < -0.3 is 5.11 Å². The number of rotatable bonds is 2. The van der Waals surface area contributed by atoms with E-state index in [-0.39, 0.29) is 5.69 Å². The Morgan fingerprint density at radius 1 is 1.80 bits per heavy atom. The monoisotopic (exact) mass is 176 g/mol. The Morgan fingerprint density at radius 2 is 2.50 bits per heavy atom. The molecule has 10 heavy (non-hydrogen) atoms. The summed E-state index contributed by atoms with van der Waals surface area (Å²) >= 11 is 2.44. The van der Waals surface area contributed by atoms with E-state index in [9.17, 15) is 4.79 Å². The summed E-state index contributed by atoms with van der Waals surface area (Å²) in [7, 11) is 0. The summed E-state index contributed by atoms with van der Waals surface area (Å²) in [5.74, 6) is -1.02. The Morgan fingerprint density at radius 3 is 2.90 bits per heavy atom. The number of nitrogens with zero attached hydrogens (tertiary/aromatic N) is 2. The molecule has 0 unspecified atom stereocenters. The van der Waals surface area contributed by atoms with Gasteiger partial charge in [0.05, 0.1) is 0 Å². The zero-order valence-electron chi connectivity index (χ0n) is 5.07. The highest BCUT2D eigenvalue weighted by Crippen LogP contribution is 2.21. The fourth-order valence-electron chi connectivity index (χ4n) is 0.446. The van der Waals surface area contributed by atoms with Crippen molar-refractivity contribution in [3.05, 3.63) is 5.69 Å². The molecule has 0 saturated heterocycles. The molecule has 6 heteroatoms. The van der Waals surface area contributed by atoms with Crippen LogP contribution in [0.15, 0.2) is 4.21 Å². The average molecular weight is 176 g/mol. The standard InChI is InChI=1S/C4H4N2O2S2/c1-9-4-2(3(7)8)5-6-10-4/h1H3,(H,7,8). The maximum Gasteiger partial charge on any atom is 0.358 e. The van der Waals surface area contributed by atoms with E-state index in [4.69, 9.17) is 5.11 Å². The van der Waals surface area contributed by atoms with Gasteiger partial charge in [0.15, 0.2) is 5.69 Å². The smallest absolute Gasteiger partial charge is 0.358 e. The van der Waals surface area contributed by atoms with E-state index in [0.29, 0.717) is 4.21 Å². The second kappa shape index (κ2) is 2.98. The van der Waals surface area contributed by atoms with Gasteiger partial charge in [-0.1, -0.05) is 4.49 Å². The lowest BCUT2D eigenvalue weighted by Gasteiger charge is -1.86. The van der Waals surface area contributed by atoms with E-state index in [1.807, 2.05) is 0 Å². The van der Waals surface area contributed by atoms with Crippen molar-refractivity contribution in [2.75, 3.05) is 6.26 Å². The van der Waals surface area contributed by atoms with Gasteiger partial charge in [0.25, 0.3) is 0 Å². The molecule has 0 aromatic carbocycles. The fourth-order valence-corrected chi connectivity index (χ4v) is 1.58. The van der Waals surface area contributed by atoms with Crippen LogP contribution in [0.5, 0.6) is 0 Å². The number of aromatic carboxylic acids is 1. The second-order valence-electron chi connectivity index (χ2n) is 1.42. The molecule has 0 atom stereocenters. The molecular weight excluding hydrogens is 172 g/mol. The maximum atomic E-state index is 10.3. The van der Waals surface area contributed by atoms with Gasteiger partial charge in [0.2, 0.25) is 0 Å². The molecule has 0 aliphatic heterocycles. The molecular formula is C4H4N2O2S2.